The number of hydrogen-bond acceptors (Lipinski definition) is 3. The van der Waals surface area contributed by atoms with Gasteiger partial charge in [-0.25, -0.2) is 4.99 Å². The van der Waals surface area contributed by atoms with Gasteiger partial charge in [-0.15, -0.1) is 6.42 Å². The lowest BCUT2D eigenvalue weighted by atomic mass is 9.90. The lowest BCUT2D eigenvalue weighted by Crippen LogP contribution is -2.45. The maximum absolute atomic E-state index is 12.4. The number of hydrogen-bond donors (Lipinski definition) is 3. The normalized spacial score (nSPS) is 17.1. The van der Waals surface area contributed by atoms with Crippen molar-refractivity contribution in [3.05, 3.63) is 59.7 Å². The predicted octanol–water partition coefficient (Wildman–Crippen LogP) is 3.46. The van der Waals surface area contributed by atoms with Gasteiger partial charge in [0.2, 0.25) is 5.91 Å². The topological polar surface area (TPSA) is 74.8 Å². The summed E-state index contributed by atoms with van der Waals surface area (Å²) in [6.07, 6.45) is 6.19. The number of carbonyl (C=O) groups excluding carboxylic acids is 1. The van der Waals surface area contributed by atoms with Crippen LogP contribution in [0.3, 0.4) is 0 Å². The number of guanidine groups is 1. The molecule has 0 bridgehead atoms. The van der Waals surface area contributed by atoms with E-state index in [1.165, 1.54) is 0 Å². The van der Waals surface area contributed by atoms with Crippen LogP contribution in [0.1, 0.15) is 44.4 Å². The van der Waals surface area contributed by atoms with Gasteiger partial charge in [-0.2, -0.15) is 0 Å². The number of carbonyl (C=O) groups is 1. The minimum Gasteiger partial charge on any atom is -0.487 e. The van der Waals surface area contributed by atoms with Crippen molar-refractivity contribution >= 4 is 17.6 Å². The Hall–Kier alpha value is -3.46. The van der Waals surface area contributed by atoms with Crippen LogP contribution in [0.4, 0.5) is 5.69 Å². The Kier molecular flexibility index (Phi) is 6.63. The summed E-state index contributed by atoms with van der Waals surface area (Å²) >= 11 is 0. The van der Waals surface area contributed by atoms with E-state index in [-0.39, 0.29) is 24.1 Å². The lowest BCUT2D eigenvalue weighted by Gasteiger charge is -2.38. The maximum Gasteiger partial charge on any atom is 0.246 e. The molecule has 0 saturated carbocycles. The van der Waals surface area contributed by atoms with Gasteiger partial charge in [0, 0.05) is 29.8 Å². The van der Waals surface area contributed by atoms with Crippen molar-refractivity contribution in [2.45, 2.75) is 38.8 Å². The molecule has 0 saturated heterocycles. The second-order valence-electron chi connectivity index (χ2n) is 7.77. The Balaban J connectivity index is 1.70. The molecule has 30 heavy (non-hydrogen) atoms. The number of ether oxygens (including phenoxy) is 1. The van der Waals surface area contributed by atoms with Gasteiger partial charge in [-0.1, -0.05) is 30.2 Å². The smallest absolute Gasteiger partial charge is 0.246 e. The summed E-state index contributed by atoms with van der Waals surface area (Å²) < 4.78 is 6.10. The van der Waals surface area contributed by atoms with Gasteiger partial charge in [0.1, 0.15) is 17.9 Å². The van der Waals surface area contributed by atoms with Gasteiger partial charge < -0.3 is 20.7 Å². The fraction of sp³-hybridized carbons (Fsp3) is 0.333. The Morgan fingerprint density at radius 2 is 2.07 bits per heavy atom. The van der Waals surface area contributed by atoms with Crippen molar-refractivity contribution in [3.8, 4) is 18.1 Å². The summed E-state index contributed by atoms with van der Waals surface area (Å²) in [6, 6.07) is 15.2. The Bertz CT molecular complexity index is 975. The highest BCUT2D eigenvalue weighted by Crippen LogP contribution is 2.39. The van der Waals surface area contributed by atoms with E-state index >= 15 is 0 Å². The van der Waals surface area contributed by atoms with Crippen molar-refractivity contribution in [2.24, 2.45) is 4.99 Å². The molecule has 6 nitrogen and oxygen atoms in total. The number of fused-ring (bicyclic) bond motifs is 1. The number of amides is 1. The zero-order chi connectivity index (χ0) is 21.6. The number of nitrogens with zero attached hydrogens (tertiary/aromatic N) is 1. The maximum atomic E-state index is 12.4. The first kappa shape index (κ1) is 21.3. The molecule has 0 fully saturated rings. The first-order chi connectivity index (χ1) is 14.4. The molecule has 0 aromatic heterocycles. The quantitative estimate of drug-likeness (QED) is 0.405. The number of nitrogens with one attached hydrogen (secondary N) is 3. The highest BCUT2D eigenvalue weighted by molar-refractivity contribution is 5.94. The second kappa shape index (κ2) is 9.36. The number of para-hydroxylation sites is 1. The van der Waals surface area contributed by atoms with Crippen molar-refractivity contribution in [1.29, 1.82) is 0 Å². The molecule has 2 aromatic carbocycles. The van der Waals surface area contributed by atoms with Crippen LogP contribution in [-0.2, 0) is 4.79 Å². The number of benzene rings is 2. The summed E-state index contributed by atoms with van der Waals surface area (Å²) in [7, 11) is 0. The predicted molar refractivity (Wildman–Crippen MR) is 121 cm³/mol. The van der Waals surface area contributed by atoms with E-state index in [4.69, 9.17) is 11.2 Å². The third-order valence-corrected chi connectivity index (χ3v) is 4.73. The number of terminal acetylenes is 1. The van der Waals surface area contributed by atoms with E-state index in [0.29, 0.717) is 23.8 Å². The summed E-state index contributed by atoms with van der Waals surface area (Å²) in [5.74, 6) is 3.80. The van der Waals surface area contributed by atoms with Gasteiger partial charge in [-0.05, 0) is 45.0 Å². The Labute approximate surface area is 178 Å². The molecular formula is C24H28N4O2. The van der Waals surface area contributed by atoms with Crippen molar-refractivity contribution in [3.63, 3.8) is 0 Å². The monoisotopic (exact) mass is 404 g/mol. The van der Waals surface area contributed by atoms with Crippen LogP contribution in [0.2, 0.25) is 0 Å². The van der Waals surface area contributed by atoms with E-state index in [2.05, 4.69) is 46.8 Å². The van der Waals surface area contributed by atoms with E-state index in [9.17, 15) is 4.79 Å². The zero-order valence-corrected chi connectivity index (χ0v) is 17.7. The van der Waals surface area contributed by atoms with Gasteiger partial charge in [0.25, 0.3) is 0 Å². The molecule has 1 unspecified atom stereocenters. The van der Waals surface area contributed by atoms with E-state index in [0.717, 1.165) is 17.7 Å². The molecule has 2 aromatic rings. The van der Waals surface area contributed by atoms with E-state index < -0.39 is 0 Å². The molecular weight excluding hydrogens is 376 g/mol. The zero-order valence-electron chi connectivity index (χ0n) is 17.7. The largest absolute Gasteiger partial charge is 0.487 e. The van der Waals surface area contributed by atoms with Crippen molar-refractivity contribution < 1.29 is 9.53 Å². The third-order valence-electron chi connectivity index (χ3n) is 4.73. The fourth-order valence-corrected chi connectivity index (χ4v) is 3.45. The molecule has 1 aliphatic rings. The number of rotatable bonds is 5. The van der Waals surface area contributed by atoms with Crippen LogP contribution in [-0.4, -0.2) is 30.6 Å². The van der Waals surface area contributed by atoms with E-state index in [1.807, 2.05) is 37.3 Å². The molecule has 1 heterocycles. The first-order valence-electron chi connectivity index (χ1n) is 10.1. The summed E-state index contributed by atoms with van der Waals surface area (Å²) in [6.45, 7) is 6.80. The van der Waals surface area contributed by atoms with Crippen LogP contribution in [0, 0.1) is 12.3 Å². The average molecular weight is 405 g/mol. The molecule has 6 heteroatoms. The fourth-order valence-electron chi connectivity index (χ4n) is 3.45. The standard InChI is InChI=1S/C24H28N4O2/c1-5-17-10-9-11-18(14-17)27-22(29)16-26-23(25-6-2)28-20-15-24(3,4)30-21-13-8-7-12-19(20)21/h1,7-14,20H,6,15-16H2,2-4H3,(H,27,29)(H2,25,26,28). The molecule has 3 rings (SSSR count). The highest BCUT2D eigenvalue weighted by atomic mass is 16.5. The summed E-state index contributed by atoms with van der Waals surface area (Å²) in [5.41, 5.74) is 2.15. The minimum atomic E-state index is -0.303. The highest BCUT2D eigenvalue weighted by Gasteiger charge is 2.33. The minimum absolute atomic E-state index is 0.0100. The molecule has 1 amide bonds. The Morgan fingerprint density at radius 3 is 2.83 bits per heavy atom. The number of anilines is 1. The SMILES string of the molecule is C#Cc1cccc(NC(=O)CN=C(NCC)NC2CC(C)(C)Oc3ccccc32)c1. The number of aliphatic imine (C=N–C) groups is 1. The van der Waals surface area contributed by atoms with Gasteiger partial charge in [0.05, 0.1) is 6.04 Å². The van der Waals surface area contributed by atoms with Crippen LogP contribution >= 0.6 is 0 Å². The van der Waals surface area contributed by atoms with Crippen LogP contribution in [0.25, 0.3) is 0 Å². The summed E-state index contributed by atoms with van der Waals surface area (Å²) in [5, 5.41) is 9.50. The second-order valence-corrected chi connectivity index (χ2v) is 7.77. The van der Waals surface area contributed by atoms with Gasteiger partial charge >= 0.3 is 0 Å². The van der Waals surface area contributed by atoms with Crippen LogP contribution < -0.4 is 20.7 Å². The van der Waals surface area contributed by atoms with Gasteiger partial charge in [-0.3, -0.25) is 4.79 Å². The van der Waals surface area contributed by atoms with Gasteiger partial charge in [0.15, 0.2) is 5.96 Å². The molecule has 156 valence electrons. The molecule has 3 N–H and O–H groups in total. The lowest BCUT2D eigenvalue weighted by molar-refractivity contribution is -0.114. The van der Waals surface area contributed by atoms with Crippen molar-refractivity contribution in [2.75, 3.05) is 18.4 Å². The Morgan fingerprint density at radius 1 is 1.27 bits per heavy atom. The van der Waals surface area contributed by atoms with Crippen LogP contribution in [0.5, 0.6) is 5.75 Å². The third kappa shape index (κ3) is 5.54. The molecule has 1 atom stereocenters. The van der Waals surface area contributed by atoms with Crippen LogP contribution in [0.15, 0.2) is 53.5 Å². The van der Waals surface area contributed by atoms with E-state index in [1.54, 1.807) is 12.1 Å². The average Bonchev–Trinajstić information content (AvgIpc) is 2.71. The molecule has 0 aliphatic carbocycles. The first-order valence-corrected chi connectivity index (χ1v) is 10.1. The molecule has 0 spiro atoms. The molecule has 1 aliphatic heterocycles. The molecule has 0 radical (unpaired) electrons. The summed E-state index contributed by atoms with van der Waals surface area (Å²) in [4.78, 5) is 16.8. The van der Waals surface area contributed by atoms with Crippen molar-refractivity contribution in [1.82, 2.24) is 10.6 Å².